The molecule has 0 saturated heterocycles. The van der Waals surface area contributed by atoms with Gasteiger partial charge in [-0.15, -0.1) is 6.58 Å². The van der Waals surface area contributed by atoms with E-state index in [1.165, 1.54) is 0 Å². The number of hydrogen-bond acceptors (Lipinski definition) is 2. The minimum absolute atomic E-state index is 0.0570. The zero-order chi connectivity index (χ0) is 12.7. The van der Waals surface area contributed by atoms with Crippen LogP contribution >= 0.6 is 0 Å². The summed E-state index contributed by atoms with van der Waals surface area (Å²) in [5.41, 5.74) is 2.24. The first-order chi connectivity index (χ1) is 8.15. The van der Waals surface area contributed by atoms with Crippen LogP contribution in [0.25, 0.3) is 0 Å². The quantitative estimate of drug-likeness (QED) is 0.605. The van der Waals surface area contributed by atoms with E-state index in [9.17, 15) is 4.79 Å². The SMILES string of the molecule is C=CCCNC(=O)COc1cccc(C)c1C. The average Bonchev–Trinajstić information content (AvgIpc) is 2.31. The fourth-order valence-corrected chi connectivity index (χ4v) is 1.39. The Morgan fingerprint density at radius 3 is 2.94 bits per heavy atom. The Morgan fingerprint density at radius 2 is 2.24 bits per heavy atom. The van der Waals surface area contributed by atoms with Crippen LogP contribution in [0.2, 0.25) is 0 Å². The molecule has 3 nitrogen and oxygen atoms in total. The highest BCUT2D eigenvalue weighted by Gasteiger charge is 2.05. The molecular weight excluding hydrogens is 214 g/mol. The topological polar surface area (TPSA) is 38.3 Å². The van der Waals surface area contributed by atoms with Crippen LogP contribution < -0.4 is 10.1 Å². The number of rotatable bonds is 6. The molecule has 0 aliphatic carbocycles. The number of nitrogens with one attached hydrogen (secondary N) is 1. The second-order valence-electron chi connectivity index (χ2n) is 3.91. The van der Waals surface area contributed by atoms with Crippen molar-refractivity contribution in [2.75, 3.05) is 13.2 Å². The van der Waals surface area contributed by atoms with Gasteiger partial charge in [0.15, 0.2) is 6.61 Å². The highest BCUT2D eigenvalue weighted by molar-refractivity contribution is 5.77. The van der Waals surface area contributed by atoms with Crippen LogP contribution in [0.3, 0.4) is 0 Å². The maximum absolute atomic E-state index is 11.4. The van der Waals surface area contributed by atoms with E-state index < -0.39 is 0 Å². The highest BCUT2D eigenvalue weighted by Crippen LogP contribution is 2.20. The summed E-state index contributed by atoms with van der Waals surface area (Å²) in [7, 11) is 0. The van der Waals surface area contributed by atoms with Gasteiger partial charge in [-0.05, 0) is 37.5 Å². The lowest BCUT2D eigenvalue weighted by Gasteiger charge is -2.10. The van der Waals surface area contributed by atoms with Crippen molar-refractivity contribution in [3.8, 4) is 5.75 Å². The summed E-state index contributed by atoms with van der Waals surface area (Å²) >= 11 is 0. The van der Waals surface area contributed by atoms with Crippen LogP contribution in [-0.2, 0) is 4.79 Å². The van der Waals surface area contributed by atoms with Gasteiger partial charge in [-0.3, -0.25) is 4.79 Å². The summed E-state index contributed by atoms with van der Waals surface area (Å²) in [5, 5.41) is 2.75. The highest BCUT2D eigenvalue weighted by atomic mass is 16.5. The van der Waals surface area contributed by atoms with Crippen molar-refractivity contribution in [2.24, 2.45) is 0 Å². The number of hydrogen-bond donors (Lipinski definition) is 1. The van der Waals surface area contributed by atoms with Gasteiger partial charge in [0.05, 0.1) is 0 Å². The summed E-state index contributed by atoms with van der Waals surface area (Å²) in [5.74, 6) is 0.664. The number of amides is 1. The van der Waals surface area contributed by atoms with Crippen LogP contribution in [0.5, 0.6) is 5.75 Å². The molecular formula is C14H19NO2. The van der Waals surface area contributed by atoms with Gasteiger partial charge in [-0.1, -0.05) is 18.2 Å². The predicted molar refractivity (Wildman–Crippen MR) is 69.2 cm³/mol. The maximum Gasteiger partial charge on any atom is 0.257 e. The number of ether oxygens (including phenoxy) is 1. The number of benzene rings is 1. The van der Waals surface area contributed by atoms with Crippen molar-refractivity contribution < 1.29 is 9.53 Å². The first kappa shape index (κ1) is 13.3. The summed E-state index contributed by atoms with van der Waals surface area (Å²) in [6.07, 6.45) is 2.54. The zero-order valence-corrected chi connectivity index (χ0v) is 10.5. The minimum Gasteiger partial charge on any atom is -0.483 e. The molecule has 0 saturated carbocycles. The summed E-state index contributed by atoms with van der Waals surface area (Å²) in [6.45, 7) is 8.26. The van der Waals surface area contributed by atoms with Crippen molar-refractivity contribution in [2.45, 2.75) is 20.3 Å². The Morgan fingerprint density at radius 1 is 1.47 bits per heavy atom. The van der Waals surface area contributed by atoms with Gasteiger partial charge in [0.2, 0.25) is 0 Å². The smallest absolute Gasteiger partial charge is 0.257 e. The molecule has 0 bridgehead atoms. The Kier molecular flexibility index (Phi) is 5.27. The van der Waals surface area contributed by atoms with Crippen molar-refractivity contribution in [3.05, 3.63) is 42.0 Å². The zero-order valence-electron chi connectivity index (χ0n) is 10.5. The van der Waals surface area contributed by atoms with E-state index in [4.69, 9.17) is 4.74 Å². The third-order valence-electron chi connectivity index (χ3n) is 2.58. The van der Waals surface area contributed by atoms with E-state index in [1.807, 2.05) is 32.0 Å². The largest absolute Gasteiger partial charge is 0.483 e. The van der Waals surface area contributed by atoms with Gasteiger partial charge in [0.25, 0.3) is 5.91 Å². The van der Waals surface area contributed by atoms with Crippen LogP contribution in [0.1, 0.15) is 17.5 Å². The number of carbonyl (C=O) groups excluding carboxylic acids is 1. The molecule has 0 aliphatic rings. The summed E-state index contributed by atoms with van der Waals surface area (Å²) < 4.78 is 5.47. The van der Waals surface area contributed by atoms with Gasteiger partial charge >= 0.3 is 0 Å². The molecule has 0 radical (unpaired) electrons. The molecule has 92 valence electrons. The molecule has 0 aromatic heterocycles. The van der Waals surface area contributed by atoms with E-state index in [-0.39, 0.29) is 12.5 Å². The molecule has 1 aromatic carbocycles. The lowest BCUT2D eigenvalue weighted by molar-refractivity contribution is -0.123. The molecule has 1 N–H and O–H groups in total. The lowest BCUT2D eigenvalue weighted by atomic mass is 10.1. The molecule has 0 atom stereocenters. The van der Waals surface area contributed by atoms with Crippen LogP contribution in [0, 0.1) is 13.8 Å². The average molecular weight is 233 g/mol. The van der Waals surface area contributed by atoms with Gasteiger partial charge in [0, 0.05) is 6.54 Å². The van der Waals surface area contributed by atoms with E-state index in [0.29, 0.717) is 6.54 Å². The summed E-state index contributed by atoms with van der Waals surface area (Å²) in [6, 6.07) is 5.82. The first-order valence-electron chi connectivity index (χ1n) is 5.71. The van der Waals surface area contributed by atoms with Crippen molar-refractivity contribution in [1.29, 1.82) is 0 Å². The lowest BCUT2D eigenvalue weighted by Crippen LogP contribution is -2.29. The maximum atomic E-state index is 11.4. The molecule has 1 aromatic rings. The molecule has 0 unspecified atom stereocenters. The molecule has 17 heavy (non-hydrogen) atoms. The molecule has 0 heterocycles. The molecule has 0 fully saturated rings. The van der Waals surface area contributed by atoms with Crippen molar-refractivity contribution in [1.82, 2.24) is 5.32 Å². The minimum atomic E-state index is -0.104. The Labute approximate surface area is 102 Å². The monoisotopic (exact) mass is 233 g/mol. The fraction of sp³-hybridized carbons (Fsp3) is 0.357. The normalized spacial score (nSPS) is 9.76. The third-order valence-corrected chi connectivity index (χ3v) is 2.58. The summed E-state index contributed by atoms with van der Waals surface area (Å²) in [4.78, 5) is 11.4. The van der Waals surface area contributed by atoms with E-state index in [1.54, 1.807) is 6.08 Å². The molecule has 1 rings (SSSR count). The molecule has 0 spiro atoms. The Balaban J connectivity index is 2.42. The Hall–Kier alpha value is -1.77. The standard InChI is InChI=1S/C14H19NO2/c1-4-5-9-15-14(16)10-17-13-8-6-7-11(2)12(13)3/h4,6-8H,1,5,9-10H2,2-3H3,(H,15,16). The van der Waals surface area contributed by atoms with Gasteiger partial charge in [0.1, 0.15) is 5.75 Å². The molecule has 3 heteroatoms. The van der Waals surface area contributed by atoms with Crippen molar-refractivity contribution >= 4 is 5.91 Å². The third kappa shape index (κ3) is 4.31. The van der Waals surface area contributed by atoms with E-state index >= 15 is 0 Å². The first-order valence-corrected chi connectivity index (χ1v) is 5.71. The molecule has 0 aliphatic heterocycles. The van der Waals surface area contributed by atoms with Gasteiger partial charge < -0.3 is 10.1 Å². The van der Waals surface area contributed by atoms with Crippen LogP contribution in [-0.4, -0.2) is 19.1 Å². The number of aryl methyl sites for hydroxylation is 1. The second-order valence-corrected chi connectivity index (χ2v) is 3.91. The van der Waals surface area contributed by atoms with Crippen LogP contribution in [0.15, 0.2) is 30.9 Å². The van der Waals surface area contributed by atoms with E-state index in [2.05, 4.69) is 11.9 Å². The molecule has 1 amide bonds. The number of carbonyl (C=O) groups is 1. The van der Waals surface area contributed by atoms with E-state index in [0.717, 1.165) is 23.3 Å². The van der Waals surface area contributed by atoms with Crippen LogP contribution in [0.4, 0.5) is 0 Å². The predicted octanol–water partition coefficient (Wildman–Crippen LogP) is 2.37. The fourth-order valence-electron chi connectivity index (χ4n) is 1.39. The van der Waals surface area contributed by atoms with Gasteiger partial charge in [-0.2, -0.15) is 0 Å². The second kappa shape index (κ2) is 6.74. The van der Waals surface area contributed by atoms with Crippen molar-refractivity contribution in [3.63, 3.8) is 0 Å². The van der Waals surface area contributed by atoms with Gasteiger partial charge in [-0.25, -0.2) is 0 Å². The Bertz CT molecular complexity index is 399.